The minimum atomic E-state index is -0.0950. The van der Waals surface area contributed by atoms with Crippen LogP contribution >= 0.6 is 11.3 Å². The highest BCUT2D eigenvalue weighted by atomic mass is 32.1. The quantitative estimate of drug-likeness (QED) is 0.779. The third-order valence-corrected chi connectivity index (χ3v) is 4.96. The van der Waals surface area contributed by atoms with Crippen molar-refractivity contribution in [1.82, 2.24) is 9.97 Å². The number of aromatic nitrogens is 2. The Hall–Kier alpha value is -2.98. The minimum absolute atomic E-state index is 0.00863. The number of hydrogen-bond acceptors (Lipinski definition) is 6. The first-order chi connectivity index (χ1) is 12.2. The van der Waals surface area contributed by atoms with Crippen molar-refractivity contribution < 1.29 is 9.53 Å². The molecule has 0 radical (unpaired) electrons. The van der Waals surface area contributed by atoms with Crippen LogP contribution in [0.5, 0.6) is 5.75 Å². The summed E-state index contributed by atoms with van der Waals surface area (Å²) < 4.78 is 6.02. The molecule has 1 amide bonds. The van der Waals surface area contributed by atoms with Crippen LogP contribution in [0.1, 0.15) is 18.5 Å². The fraction of sp³-hybridized carbons (Fsp3) is 0.222. The lowest BCUT2D eigenvalue weighted by atomic mass is 9.81. The van der Waals surface area contributed by atoms with Gasteiger partial charge < -0.3 is 10.1 Å². The summed E-state index contributed by atoms with van der Waals surface area (Å²) in [5.74, 6) is 0.581. The lowest BCUT2D eigenvalue weighted by molar-refractivity contribution is -0.125. The molecule has 0 aliphatic heterocycles. The molecule has 25 heavy (non-hydrogen) atoms. The van der Waals surface area contributed by atoms with Crippen LogP contribution in [0.4, 0.5) is 5.13 Å². The average Bonchev–Trinajstić information content (AvgIpc) is 3.05. The summed E-state index contributed by atoms with van der Waals surface area (Å²) in [4.78, 5) is 20.6. The zero-order chi connectivity index (χ0) is 17.2. The Morgan fingerprint density at radius 2 is 2.16 bits per heavy atom. The Balaban J connectivity index is 1.35. The van der Waals surface area contributed by atoms with E-state index < -0.39 is 0 Å². The van der Waals surface area contributed by atoms with E-state index in [1.807, 2.05) is 36.4 Å². The molecule has 0 atom stereocenters. The highest BCUT2D eigenvalue weighted by Crippen LogP contribution is 2.34. The van der Waals surface area contributed by atoms with Crippen LogP contribution < -0.4 is 10.1 Å². The van der Waals surface area contributed by atoms with Crippen LogP contribution in [0.15, 0.2) is 41.9 Å². The highest BCUT2D eigenvalue weighted by Gasteiger charge is 2.36. The monoisotopic (exact) mass is 350 g/mol. The zero-order valence-corrected chi connectivity index (χ0v) is 14.0. The molecule has 0 unspecified atom stereocenters. The van der Waals surface area contributed by atoms with Crippen LogP contribution in [-0.4, -0.2) is 22.0 Å². The summed E-state index contributed by atoms with van der Waals surface area (Å²) in [6.07, 6.45) is 3.07. The summed E-state index contributed by atoms with van der Waals surface area (Å²) in [5.41, 5.74) is 1.16. The average molecular weight is 350 g/mol. The molecule has 1 aromatic carbocycles. The van der Waals surface area contributed by atoms with Gasteiger partial charge in [0.1, 0.15) is 23.4 Å². The molecule has 0 saturated heterocycles. The summed E-state index contributed by atoms with van der Waals surface area (Å²) in [6.45, 7) is 0. The molecular weight excluding hydrogens is 336 g/mol. The lowest BCUT2D eigenvalue weighted by Crippen LogP contribution is -2.40. The standard InChI is InChI=1S/C18H14N4O2S/c19-9-13-10-25-18(21-13)22-17(23)12-7-14(8-12)24-15-5-1-3-11-4-2-6-20-16(11)15/h1-6,10,12,14H,7-8H2,(H,21,22,23). The normalized spacial score (nSPS) is 19.0. The maximum absolute atomic E-state index is 12.2. The molecule has 0 bridgehead atoms. The fourth-order valence-electron chi connectivity index (χ4n) is 2.82. The maximum Gasteiger partial charge on any atom is 0.229 e. The number of anilines is 1. The van der Waals surface area contributed by atoms with E-state index in [1.165, 1.54) is 11.3 Å². The van der Waals surface area contributed by atoms with E-state index in [0.717, 1.165) is 16.7 Å². The number of rotatable bonds is 4. The summed E-state index contributed by atoms with van der Waals surface area (Å²) in [7, 11) is 0. The second-order valence-electron chi connectivity index (χ2n) is 5.88. The number of nitriles is 1. The number of carbonyl (C=O) groups excluding carboxylic acids is 1. The molecule has 1 fully saturated rings. The molecule has 3 aromatic rings. The molecule has 7 heteroatoms. The SMILES string of the molecule is N#Cc1csc(NC(=O)C2CC(Oc3cccc4cccnc34)C2)n1. The van der Waals surface area contributed by atoms with Gasteiger partial charge in [-0.1, -0.05) is 18.2 Å². The van der Waals surface area contributed by atoms with Crippen LogP contribution in [0.25, 0.3) is 10.9 Å². The molecule has 0 spiro atoms. The van der Waals surface area contributed by atoms with E-state index in [0.29, 0.717) is 23.7 Å². The smallest absolute Gasteiger partial charge is 0.229 e. The minimum Gasteiger partial charge on any atom is -0.488 e. The molecule has 4 rings (SSSR count). The van der Waals surface area contributed by atoms with Crippen molar-refractivity contribution in [2.24, 2.45) is 5.92 Å². The third kappa shape index (κ3) is 3.16. The van der Waals surface area contributed by atoms with Gasteiger partial charge in [0.25, 0.3) is 0 Å². The topological polar surface area (TPSA) is 87.9 Å². The molecule has 1 aliphatic carbocycles. The molecular formula is C18H14N4O2S. The number of pyridine rings is 1. The number of thiazole rings is 1. The number of fused-ring (bicyclic) bond motifs is 1. The first-order valence-corrected chi connectivity index (χ1v) is 8.78. The van der Waals surface area contributed by atoms with Crippen molar-refractivity contribution in [3.05, 3.63) is 47.6 Å². The Morgan fingerprint density at radius 3 is 2.96 bits per heavy atom. The van der Waals surface area contributed by atoms with Crippen LogP contribution in [0.3, 0.4) is 0 Å². The van der Waals surface area contributed by atoms with E-state index in [1.54, 1.807) is 11.6 Å². The van der Waals surface area contributed by atoms with Crippen molar-refractivity contribution in [2.45, 2.75) is 18.9 Å². The molecule has 2 aromatic heterocycles. The molecule has 1 N–H and O–H groups in total. The Bertz CT molecular complexity index is 967. The van der Waals surface area contributed by atoms with E-state index in [9.17, 15) is 4.79 Å². The van der Waals surface area contributed by atoms with Gasteiger partial charge in [-0.3, -0.25) is 9.78 Å². The van der Waals surface area contributed by atoms with Gasteiger partial charge in [0, 0.05) is 22.9 Å². The molecule has 1 saturated carbocycles. The fourth-order valence-corrected chi connectivity index (χ4v) is 3.46. The van der Waals surface area contributed by atoms with E-state index in [2.05, 4.69) is 15.3 Å². The first kappa shape index (κ1) is 15.5. The van der Waals surface area contributed by atoms with Gasteiger partial charge in [-0.05, 0) is 25.0 Å². The van der Waals surface area contributed by atoms with Gasteiger partial charge in [0.05, 0.1) is 0 Å². The summed E-state index contributed by atoms with van der Waals surface area (Å²) in [6, 6.07) is 11.7. The maximum atomic E-state index is 12.2. The second-order valence-corrected chi connectivity index (χ2v) is 6.74. The number of hydrogen-bond donors (Lipinski definition) is 1. The predicted octanol–water partition coefficient (Wildman–Crippen LogP) is 3.36. The number of amides is 1. The van der Waals surface area contributed by atoms with Gasteiger partial charge in [-0.15, -0.1) is 11.3 Å². The Morgan fingerprint density at radius 1 is 1.32 bits per heavy atom. The van der Waals surface area contributed by atoms with E-state index >= 15 is 0 Å². The van der Waals surface area contributed by atoms with E-state index in [-0.39, 0.29) is 17.9 Å². The third-order valence-electron chi connectivity index (χ3n) is 4.20. The van der Waals surface area contributed by atoms with Gasteiger partial charge >= 0.3 is 0 Å². The van der Waals surface area contributed by atoms with Crippen molar-refractivity contribution in [3.63, 3.8) is 0 Å². The van der Waals surface area contributed by atoms with Crippen LogP contribution in [0.2, 0.25) is 0 Å². The lowest BCUT2D eigenvalue weighted by Gasteiger charge is -2.34. The number of para-hydroxylation sites is 1. The Labute approximate surface area is 148 Å². The highest BCUT2D eigenvalue weighted by molar-refractivity contribution is 7.14. The Kier molecular flexibility index (Phi) is 4.04. The number of benzene rings is 1. The van der Waals surface area contributed by atoms with Crippen molar-refractivity contribution in [1.29, 1.82) is 5.26 Å². The summed E-state index contributed by atoms with van der Waals surface area (Å²) >= 11 is 1.25. The van der Waals surface area contributed by atoms with Gasteiger partial charge in [-0.25, -0.2) is 4.98 Å². The molecule has 6 nitrogen and oxygen atoms in total. The van der Waals surface area contributed by atoms with Gasteiger partial charge in [0.2, 0.25) is 5.91 Å². The number of nitrogens with zero attached hydrogens (tertiary/aromatic N) is 3. The first-order valence-electron chi connectivity index (χ1n) is 7.90. The van der Waals surface area contributed by atoms with Crippen LogP contribution in [0, 0.1) is 17.2 Å². The van der Waals surface area contributed by atoms with Crippen molar-refractivity contribution >= 4 is 33.3 Å². The van der Waals surface area contributed by atoms with Gasteiger partial charge in [0.15, 0.2) is 10.8 Å². The van der Waals surface area contributed by atoms with Crippen molar-refractivity contribution in [3.8, 4) is 11.8 Å². The number of nitrogens with one attached hydrogen (secondary N) is 1. The molecule has 2 heterocycles. The predicted molar refractivity (Wildman–Crippen MR) is 94.3 cm³/mol. The zero-order valence-electron chi connectivity index (χ0n) is 13.2. The van der Waals surface area contributed by atoms with E-state index in [4.69, 9.17) is 10.00 Å². The van der Waals surface area contributed by atoms with Crippen LogP contribution in [-0.2, 0) is 4.79 Å². The van der Waals surface area contributed by atoms with Crippen molar-refractivity contribution in [2.75, 3.05) is 5.32 Å². The summed E-state index contributed by atoms with van der Waals surface area (Å²) in [5, 5.41) is 14.6. The number of ether oxygens (including phenoxy) is 1. The molecule has 124 valence electrons. The largest absolute Gasteiger partial charge is 0.488 e. The molecule has 1 aliphatic rings. The number of carbonyl (C=O) groups is 1. The van der Waals surface area contributed by atoms with Gasteiger partial charge in [-0.2, -0.15) is 5.26 Å². The second kappa shape index (κ2) is 6.49.